The molecule has 164 valence electrons. The Balaban J connectivity index is 1.42. The lowest BCUT2D eigenvalue weighted by molar-refractivity contribution is -0.131. The number of urea groups is 1. The first-order valence-corrected chi connectivity index (χ1v) is 10.3. The molecule has 9 heteroatoms. The van der Waals surface area contributed by atoms with Gasteiger partial charge in [-0.05, 0) is 55.2 Å². The van der Waals surface area contributed by atoms with Crippen molar-refractivity contribution in [1.29, 1.82) is 5.26 Å². The molecule has 3 N–H and O–H groups in total. The third kappa shape index (κ3) is 4.54. The van der Waals surface area contributed by atoms with Crippen LogP contribution in [0, 0.1) is 23.0 Å². The summed E-state index contributed by atoms with van der Waals surface area (Å²) in [5.74, 6) is -2.08. The molecule has 1 atom stereocenters. The van der Waals surface area contributed by atoms with Gasteiger partial charge in [0.05, 0.1) is 6.07 Å². The van der Waals surface area contributed by atoms with Gasteiger partial charge in [-0.15, -0.1) is 0 Å². The van der Waals surface area contributed by atoms with E-state index in [1.54, 1.807) is 23.1 Å². The van der Waals surface area contributed by atoms with Crippen molar-refractivity contribution in [3.8, 4) is 6.07 Å². The molecule has 4 rings (SSSR count). The topological polar surface area (TPSA) is 101 Å². The van der Waals surface area contributed by atoms with Crippen molar-refractivity contribution < 1.29 is 18.4 Å². The second-order valence-electron chi connectivity index (χ2n) is 7.66. The Kier molecular flexibility index (Phi) is 6.03. The van der Waals surface area contributed by atoms with Gasteiger partial charge in [-0.1, -0.05) is 0 Å². The maximum atomic E-state index is 13.3. The Morgan fingerprint density at radius 3 is 2.62 bits per heavy atom. The molecular formula is C23H21F2N5O2. The van der Waals surface area contributed by atoms with Crippen LogP contribution >= 0.6 is 0 Å². The molecule has 0 saturated carbocycles. The van der Waals surface area contributed by atoms with Crippen LogP contribution in [0.3, 0.4) is 0 Å². The van der Waals surface area contributed by atoms with Crippen LogP contribution < -0.4 is 10.6 Å². The molecule has 3 amide bonds. The lowest BCUT2D eigenvalue weighted by atomic mass is 10.1. The summed E-state index contributed by atoms with van der Waals surface area (Å²) in [6.45, 7) is 0.617. The summed E-state index contributed by atoms with van der Waals surface area (Å²) in [6, 6.07) is 9.64. The van der Waals surface area contributed by atoms with E-state index >= 15 is 0 Å². The van der Waals surface area contributed by atoms with E-state index in [4.69, 9.17) is 0 Å². The molecule has 1 fully saturated rings. The fourth-order valence-electron chi connectivity index (χ4n) is 3.91. The van der Waals surface area contributed by atoms with Crippen LogP contribution in [0.25, 0.3) is 10.9 Å². The predicted octanol–water partition coefficient (Wildman–Crippen LogP) is 4.54. The Morgan fingerprint density at radius 1 is 1.12 bits per heavy atom. The van der Waals surface area contributed by atoms with Crippen molar-refractivity contribution >= 4 is 34.2 Å². The minimum absolute atomic E-state index is 0.0383. The molecule has 0 bridgehead atoms. The van der Waals surface area contributed by atoms with Gasteiger partial charge in [-0.2, -0.15) is 5.26 Å². The number of halogens is 2. The number of carbonyl (C=O) groups is 2. The maximum Gasteiger partial charge on any atom is 0.323 e. The van der Waals surface area contributed by atoms with Crippen molar-refractivity contribution in [3.63, 3.8) is 0 Å². The number of fused-ring (bicyclic) bond motifs is 1. The number of nitriles is 1. The van der Waals surface area contributed by atoms with E-state index in [9.17, 15) is 23.6 Å². The Hall–Kier alpha value is -3.93. The van der Waals surface area contributed by atoms with Gasteiger partial charge < -0.3 is 20.5 Å². The van der Waals surface area contributed by atoms with Gasteiger partial charge in [0.15, 0.2) is 11.6 Å². The summed E-state index contributed by atoms with van der Waals surface area (Å²) < 4.78 is 26.3. The molecule has 0 spiro atoms. The highest BCUT2D eigenvalue weighted by molar-refractivity contribution is 6.01. The monoisotopic (exact) mass is 437 g/mol. The van der Waals surface area contributed by atoms with Crippen LogP contribution in [-0.2, 0) is 11.2 Å². The number of hydrogen-bond acceptors (Lipinski definition) is 3. The summed E-state index contributed by atoms with van der Waals surface area (Å²) in [4.78, 5) is 29.6. The fourth-order valence-corrected chi connectivity index (χ4v) is 3.91. The highest BCUT2D eigenvalue weighted by Gasteiger charge is 2.28. The molecule has 0 aliphatic carbocycles. The van der Waals surface area contributed by atoms with Gasteiger partial charge in [0.1, 0.15) is 6.04 Å². The standard InChI is InChI=1S/C23H21F2N5O2/c24-19-6-4-16(11-20(19)25)29-23(32)28-15-5-7-21-18(10-15)14(13-27-21)3-8-22(31)30-9-1-2-17(30)12-26/h4-7,10-11,13,17,27H,1-3,8-9H2,(H2,28,29,32)/t17-/m0/s1. The molecule has 1 aromatic heterocycles. The second kappa shape index (κ2) is 9.06. The third-order valence-electron chi connectivity index (χ3n) is 5.53. The average molecular weight is 437 g/mol. The SMILES string of the molecule is N#C[C@@H]1CCCN1C(=O)CCc1c[nH]c2ccc(NC(=O)Nc3ccc(F)c(F)c3)cc12. The van der Waals surface area contributed by atoms with Gasteiger partial charge in [0.2, 0.25) is 5.91 Å². The zero-order chi connectivity index (χ0) is 22.7. The number of aryl methyl sites for hydroxylation is 1. The van der Waals surface area contributed by atoms with E-state index in [0.717, 1.165) is 41.4 Å². The molecule has 1 saturated heterocycles. The number of aromatic amines is 1. The van der Waals surface area contributed by atoms with Gasteiger partial charge in [-0.3, -0.25) is 4.79 Å². The zero-order valence-electron chi connectivity index (χ0n) is 17.1. The number of aromatic nitrogens is 1. The number of likely N-dealkylation sites (tertiary alicyclic amines) is 1. The van der Waals surface area contributed by atoms with E-state index in [2.05, 4.69) is 21.7 Å². The number of amides is 3. The largest absolute Gasteiger partial charge is 0.361 e. The Morgan fingerprint density at radius 2 is 1.88 bits per heavy atom. The van der Waals surface area contributed by atoms with Gasteiger partial charge >= 0.3 is 6.03 Å². The first kappa shape index (κ1) is 21.3. The first-order valence-electron chi connectivity index (χ1n) is 10.3. The second-order valence-corrected chi connectivity index (χ2v) is 7.66. The van der Waals surface area contributed by atoms with Crippen LogP contribution in [0.5, 0.6) is 0 Å². The van der Waals surface area contributed by atoms with E-state index < -0.39 is 17.7 Å². The van der Waals surface area contributed by atoms with E-state index in [1.807, 2.05) is 6.20 Å². The number of anilines is 2. The third-order valence-corrected chi connectivity index (χ3v) is 5.53. The first-order chi connectivity index (χ1) is 15.4. The quantitative estimate of drug-likeness (QED) is 0.546. The van der Waals surface area contributed by atoms with Crippen LogP contribution in [0.15, 0.2) is 42.6 Å². The van der Waals surface area contributed by atoms with E-state index in [-0.39, 0.29) is 17.6 Å². The van der Waals surface area contributed by atoms with Crippen molar-refractivity contribution in [3.05, 3.63) is 59.8 Å². The molecule has 3 aromatic rings. The minimum atomic E-state index is -1.05. The van der Waals surface area contributed by atoms with Crippen molar-refractivity contribution in [2.75, 3.05) is 17.2 Å². The number of hydrogen-bond donors (Lipinski definition) is 3. The molecule has 2 aromatic carbocycles. The normalized spacial score (nSPS) is 15.5. The number of carbonyl (C=O) groups excluding carboxylic acids is 2. The predicted molar refractivity (Wildman–Crippen MR) is 116 cm³/mol. The van der Waals surface area contributed by atoms with Crippen molar-refractivity contribution in [2.24, 2.45) is 0 Å². The summed E-state index contributed by atoms with van der Waals surface area (Å²) >= 11 is 0. The summed E-state index contributed by atoms with van der Waals surface area (Å²) in [5.41, 5.74) is 2.41. The van der Waals surface area contributed by atoms with Crippen LogP contribution in [-0.4, -0.2) is 34.4 Å². The van der Waals surface area contributed by atoms with Gasteiger partial charge in [-0.25, -0.2) is 13.6 Å². The lowest BCUT2D eigenvalue weighted by Gasteiger charge is -2.19. The van der Waals surface area contributed by atoms with Crippen LogP contribution in [0.1, 0.15) is 24.8 Å². The van der Waals surface area contributed by atoms with Crippen molar-refractivity contribution in [2.45, 2.75) is 31.7 Å². The fraction of sp³-hybridized carbons (Fsp3) is 0.261. The van der Waals surface area contributed by atoms with Gasteiger partial charge in [0.25, 0.3) is 0 Å². The van der Waals surface area contributed by atoms with E-state index in [1.165, 1.54) is 6.07 Å². The average Bonchev–Trinajstić information content (AvgIpc) is 3.41. The van der Waals surface area contributed by atoms with Gasteiger partial charge in [0, 0.05) is 47.5 Å². The maximum absolute atomic E-state index is 13.3. The zero-order valence-corrected chi connectivity index (χ0v) is 17.1. The Bertz CT molecular complexity index is 1220. The lowest BCUT2D eigenvalue weighted by Crippen LogP contribution is -2.34. The number of nitrogens with one attached hydrogen (secondary N) is 3. The molecule has 1 aliphatic rings. The number of rotatable bonds is 5. The molecule has 1 aliphatic heterocycles. The molecule has 2 heterocycles. The molecule has 7 nitrogen and oxygen atoms in total. The molecule has 32 heavy (non-hydrogen) atoms. The highest BCUT2D eigenvalue weighted by Crippen LogP contribution is 2.25. The summed E-state index contributed by atoms with van der Waals surface area (Å²) in [7, 11) is 0. The van der Waals surface area contributed by atoms with Crippen LogP contribution in [0.4, 0.5) is 25.0 Å². The molecule has 0 radical (unpaired) electrons. The van der Waals surface area contributed by atoms with E-state index in [0.29, 0.717) is 25.1 Å². The minimum Gasteiger partial charge on any atom is -0.361 e. The summed E-state index contributed by atoms with van der Waals surface area (Å²) in [5, 5.41) is 15.2. The molecular weight excluding hydrogens is 416 g/mol. The van der Waals surface area contributed by atoms with Crippen molar-refractivity contribution in [1.82, 2.24) is 9.88 Å². The highest BCUT2D eigenvalue weighted by atomic mass is 19.2. The smallest absolute Gasteiger partial charge is 0.323 e. The number of nitrogens with zero attached hydrogens (tertiary/aromatic N) is 2. The number of benzene rings is 2. The van der Waals surface area contributed by atoms with Crippen LogP contribution in [0.2, 0.25) is 0 Å². The summed E-state index contributed by atoms with van der Waals surface area (Å²) in [6.07, 6.45) is 4.18. The molecule has 0 unspecified atom stereocenters. The Labute approximate surface area is 183 Å². The number of H-pyrrole nitrogens is 1.